The first-order valence-corrected chi connectivity index (χ1v) is 13.9. The van der Waals surface area contributed by atoms with Crippen molar-refractivity contribution in [3.8, 4) is 6.07 Å². The van der Waals surface area contributed by atoms with Gasteiger partial charge in [-0.3, -0.25) is 14.4 Å². The summed E-state index contributed by atoms with van der Waals surface area (Å²) in [5.74, 6) is -0.117. The molecule has 5 nitrogen and oxygen atoms in total. The van der Waals surface area contributed by atoms with Crippen LogP contribution in [-0.2, 0) is 14.4 Å². The van der Waals surface area contributed by atoms with Crippen molar-refractivity contribution in [2.24, 2.45) is 50.7 Å². The highest BCUT2D eigenvalue weighted by Crippen LogP contribution is 2.73. The number of amides is 1. The molecule has 5 aliphatic rings. The molecular formula is C31H42N2O3. The zero-order valence-electron chi connectivity index (χ0n) is 23.1. The molecule has 3 saturated carbocycles. The third-order valence-corrected chi connectivity index (χ3v) is 12.2. The topological polar surface area (TPSA) is 87.0 Å². The van der Waals surface area contributed by atoms with Crippen LogP contribution in [0.1, 0.15) is 86.5 Å². The third-order valence-electron chi connectivity index (χ3n) is 12.2. The number of fused-ring (bicyclic) bond motifs is 7. The van der Waals surface area contributed by atoms with E-state index in [9.17, 15) is 19.6 Å². The Bertz CT molecular complexity index is 1160. The van der Waals surface area contributed by atoms with Gasteiger partial charge >= 0.3 is 0 Å². The fraction of sp³-hybridized carbons (Fsp3) is 0.742. The van der Waals surface area contributed by atoms with Crippen molar-refractivity contribution in [1.82, 2.24) is 5.32 Å². The molecular weight excluding hydrogens is 448 g/mol. The van der Waals surface area contributed by atoms with Crippen LogP contribution in [0.3, 0.4) is 0 Å². The summed E-state index contributed by atoms with van der Waals surface area (Å²) in [6.45, 7) is 13.3. The Labute approximate surface area is 216 Å². The van der Waals surface area contributed by atoms with Crippen molar-refractivity contribution in [2.75, 3.05) is 7.05 Å². The Kier molecular flexibility index (Phi) is 5.40. The van der Waals surface area contributed by atoms with E-state index in [2.05, 4.69) is 46.0 Å². The number of rotatable bonds is 1. The van der Waals surface area contributed by atoms with Crippen LogP contribution >= 0.6 is 0 Å². The molecule has 8 atom stereocenters. The molecule has 5 rings (SSSR count). The van der Waals surface area contributed by atoms with Gasteiger partial charge in [-0.2, -0.15) is 5.26 Å². The van der Waals surface area contributed by atoms with Crippen molar-refractivity contribution in [3.63, 3.8) is 0 Å². The highest BCUT2D eigenvalue weighted by molar-refractivity contribution is 6.02. The Hall–Kier alpha value is -2.22. The molecule has 0 saturated heterocycles. The van der Waals surface area contributed by atoms with E-state index < -0.39 is 10.8 Å². The molecule has 5 aliphatic carbocycles. The normalized spacial score (nSPS) is 47.2. The molecule has 0 aliphatic heterocycles. The summed E-state index contributed by atoms with van der Waals surface area (Å²) in [5, 5.41) is 12.7. The number of allylic oxidation sites excluding steroid dienone is 4. The van der Waals surface area contributed by atoms with Gasteiger partial charge in [0.15, 0.2) is 11.6 Å². The van der Waals surface area contributed by atoms with Crippen LogP contribution in [0.2, 0.25) is 0 Å². The monoisotopic (exact) mass is 490 g/mol. The van der Waals surface area contributed by atoms with Gasteiger partial charge in [0.1, 0.15) is 6.07 Å². The lowest BCUT2D eigenvalue weighted by molar-refractivity contribution is -0.177. The summed E-state index contributed by atoms with van der Waals surface area (Å²) >= 11 is 0. The minimum atomic E-state index is -0.490. The minimum absolute atomic E-state index is 0.0182. The van der Waals surface area contributed by atoms with Gasteiger partial charge in [0, 0.05) is 24.3 Å². The summed E-state index contributed by atoms with van der Waals surface area (Å²) in [4.78, 5) is 40.6. The molecule has 3 fully saturated rings. The Morgan fingerprint density at radius 2 is 1.69 bits per heavy atom. The van der Waals surface area contributed by atoms with Crippen LogP contribution in [-0.4, -0.2) is 24.5 Å². The van der Waals surface area contributed by atoms with Gasteiger partial charge in [-0.15, -0.1) is 0 Å². The van der Waals surface area contributed by atoms with E-state index in [-0.39, 0.29) is 63.0 Å². The molecule has 0 aromatic carbocycles. The van der Waals surface area contributed by atoms with Gasteiger partial charge in [0.2, 0.25) is 5.91 Å². The molecule has 194 valence electrons. The fourth-order valence-corrected chi connectivity index (χ4v) is 9.90. The van der Waals surface area contributed by atoms with E-state index in [0.29, 0.717) is 0 Å². The van der Waals surface area contributed by atoms with Crippen molar-refractivity contribution in [2.45, 2.75) is 86.5 Å². The Morgan fingerprint density at radius 1 is 1.03 bits per heavy atom. The van der Waals surface area contributed by atoms with E-state index in [1.165, 1.54) is 0 Å². The summed E-state index contributed by atoms with van der Waals surface area (Å²) in [7, 11) is 1.73. The maximum absolute atomic E-state index is 14.3. The number of nitrogens with one attached hydrogen (secondary N) is 1. The first-order chi connectivity index (χ1) is 16.7. The number of nitriles is 1. The second-order valence-electron chi connectivity index (χ2n) is 14.1. The molecule has 0 radical (unpaired) electrons. The van der Waals surface area contributed by atoms with Gasteiger partial charge in [-0.1, -0.05) is 53.2 Å². The molecule has 5 heteroatoms. The van der Waals surface area contributed by atoms with Crippen LogP contribution in [0.5, 0.6) is 0 Å². The van der Waals surface area contributed by atoms with E-state index in [4.69, 9.17) is 0 Å². The zero-order chi connectivity index (χ0) is 26.5. The second-order valence-corrected chi connectivity index (χ2v) is 14.1. The SMILES string of the molecule is CNC(=O)[C@]12CCC(C)(C)CC1[C@@H]1C(=O)C=C3[C@@]4(C)C=C(C#N)C(=O)[C@@H](C)[C@@H]4CC[C@@]3(C)[C@]1(C)CC2. The highest BCUT2D eigenvalue weighted by Gasteiger charge is 2.70. The van der Waals surface area contributed by atoms with Crippen molar-refractivity contribution < 1.29 is 14.4 Å². The molecule has 0 aromatic rings. The maximum atomic E-state index is 14.3. The van der Waals surface area contributed by atoms with Crippen LogP contribution in [0.4, 0.5) is 0 Å². The van der Waals surface area contributed by atoms with Gasteiger partial charge in [0.25, 0.3) is 0 Å². The summed E-state index contributed by atoms with van der Waals surface area (Å²) in [6, 6.07) is 2.15. The number of carbonyl (C=O) groups excluding carboxylic acids is 3. The van der Waals surface area contributed by atoms with Gasteiger partial charge in [-0.05, 0) is 79.1 Å². The second kappa shape index (κ2) is 7.65. The van der Waals surface area contributed by atoms with Crippen molar-refractivity contribution in [3.05, 3.63) is 23.3 Å². The smallest absolute Gasteiger partial charge is 0.226 e. The quantitative estimate of drug-likeness (QED) is 0.521. The molecule has 0 heterocycles. The predicted molar refractivity (Wildman–Crippen MR) is 138 cm³/mol. The maximum Gasteiger partial charge on any atom is 0.226 e. The number of nitrogens with zero attached hydrogens (tertiary/aromatic N) is 1. The molecule has 1 amide bonds. The molecule has 0 aromatic heterocycles. The lowest BCUT2D eigenvalue weighted by atomic mass is 9.34. The fourth-order valence-electron chi connectivity index (χ4n) is 9.90. The van der Waals surface area contributed by atoms with E-state index in [1.54, 1.807) is 7.05 Å². The largest absolute Gasteiger partial charge is 0.359 e. The Balaban J connectivity index is 1.69. The Morgan fingerprint density at radius 3 is 2.33 bits per heavy atom. The van der Waals surface area contributed by atoms with E-state index in [0.717, 1.165) is 50.5 Å². The molecule has 1 N–H and O–H groups in total. The number of hydrogen-bond donors (Lipinski definition) is 1. The number of ketones is 2. The molecule has 0 spiro atoms. The predicted octanol–water partition coefficient (Wildman–Crippen LogP) is 5.56. The minimum Gasteiger partial charge on any atom is -0.359 e. The van der Waals surface area contributed by atoms with Gasteiger partial charge in [-0.25, -0.2) is 0 Å². The number of hydrogen-bond acceptors (Lipinski definition) is 4. The number of Topliss-reactive ketones (excluding diaryl/α,β-unsaturated/α-hetero) is 1. The first-order valence-electron chi connectivity index (χ1n) is 13.9. The van der Waals surface area contributed by atoms with Crippen LogP contribution < -0.4 is 5.32 Å². The zero-order valence-corrected chi connectivity index (χ0v) is 23.1. The van der Waals surface area contributed by atoms with Crippen LogP contribution in [0.25, 0.3) is 0 Å². The average Bonchev–Trinajstić information content (AvgIpc) is 2.82. The van der Waals surface area contributed by atoms with Crippen LogP contribution in [0.15, 0.2) is 23.3 Å². The van der Waals surface area contributed by atoms with Gasteiger partial charge < -0.3 is 5.32 Å². The third kappa shape index (κ3) is 2.96. The average molecular weight is 491 g/mol. The van der Waals surface area contributed by atoms with Crippen molar-refractivity contribution in [1.29, 1.82) is 5.26 Å². The summed E-state index contributed by atoms with van der Waals surface area (Å²) in [5.41, 5.74) is -0.0261. The molecule has 1 unspecified atom stereocenters. The summed E-state index contributed by atoms with van der Waals surface area (Å²) < 4.78 is 0. The van der Waals surface area contributed by atoms with E-state index >= 15 is 0 Å². The highest BCUT2D eigenvalue weighted by atomic mass is 16.2. The first kappa shape index (κ1) is 25.4. The van der Waals surface area contributed by atoms with E-state index in [1.807, 2.05) is 19.1 Å². The lowest BCUT2D eigenvalue weighted by Gasteiger charge is -2.68. The van der Waals surface area contributed by atoms with Crippen LogP contribution in [0, 0.1) is 62.1 Å². The molecule has 36 heavy (non-hydrogen) atoms. The molecule has 0 bridgehead atoms. The summed E-state index contributed by atoms with van der Waals surface area (Å²) in [6.07, 6.45) is 10.0. The lowest BCUT2D eigenvalue weighted by Crippen LogP contribution is -2.66. The standard InChI is InChI=1S/C31H42N2O3/c1-18-20-8-9-29(5)23(28(20,4)15-19(17-32)25(18)35)14-22(34)24-21-16-27(2,3)10-12-31(21,26(36)33-7)13-11-30(24,29)6/h14-15,18,20-21,24H,8-13,16H2,1-7H3,(H,33,36)/t18-,20-,21?,24+,28-,29+,30+,31-/m0/s1. The van der Waals surface area contributed by atoms with Gasteiger partial charge in [0.05, 0.1) is 11.0 Å². The van der Waals surface area contributed by atoms with Crippen molar-refractivity contribution >= 4 is 17.5 Å². The number of carbonyl (C=O) groups is 3.